The quantitative estimate of drug-likeness (QED) is 0.761. The number of rotatable bonds is 2. The lowest BCUT2D eigenvalue weighted by Crippen LogP contribution is -1.97. The van der Waals surface area contributed by atoms with Crippen molar-refractivity contribution in [3.8, 4) is 11.3 Å². The first-order valence-electron chi connectivity index (χ1n) is 5.76. The monoisotopic (exact) mass is 253 g/mol. The van der Waals surface area contributed by atoms with Crippen molar-refractivity contribution in [3.63, 3.8) is 0 Å². The van der Waals surface area contributed by atoms with E-state index in [9.17, 15) is 4.79 Å². The normalized spacial score (nSPS) is 10.8. The molecule has 0 spiro atoms. The van der Waals surface area contributed by atoms with E-state index in [1.807, 2.05) is 29.9 Å². The van der Waals surface area contributed by atoms with Gasteiger partial charge in [0, 0.05) is 36.6 Å². The molecule has 3 aromatic heterocycles. The van der Waals surface area contributed by atoms with Crippen molar-refractivity contribution in [2.24, 2.45) is 7.05 Å². The fourth-order valence-electron chi connectivity index (χ4n) is 2.07. The van der Waals surface area contributed by atoms with Gasteiger partial charge in [-0.25, -0.2) is 9.78 Å². The van der Waals surface area contributed by atoms with Gasteiger partial charge in [-0.3, -0.25) is 4.98 Å². The summed E-state index contributed by atoms with van der Waals surface area (Å²) in [6.45, 7) is 0. The summed E-state index contributed by atoms with van der Waals surface area (Å²) in [5.41, 5.74) is 2.75. The molecule has 0 unspecified atom stereocenters. The molecule has 0 bridgehead atoms. The van der Waals surface area contributed by atoms with Gasteiger partial charge < -0.3 is 9.67 Å². The molecule has 1 N–H and O–H groups in total. The average molecular weight is 253 g/mol. The first-order valence-corrected chi connectivity index (χ1v) is 5.76. The zero-order valence-electron chi connectivity index (χ0n) is 10.2. The number of pyridine rings is 2. The number of aryl methyl sites for hydroxylation is 1. The van der Waals surface area contributed by atoms with Crippen molar-refractivity contribution in [1.82, 2.24) is 14.5 Å². The molecule has 0 aromatic carbocycles. The smallest absolute Gasteiger partial charge is 0.337 e. The number of hydrogen-bond donors (Lipinski definition) is 1. The summed E-state index contributed by atoms with van der Waals surface area (Å²) in [5, 5.41) is 9.87. The van der Waals surface area contributed by atoms with E-state index < -0.39 is 5.97 Å². The minimum atomic E-state index is -0.973. The molecule has 5 nitrogen and oxygen atoms in total. The Hall–Kier alpha value is -2.69. The van der Waals surface area contributed by atoms with Gasteiger partial charge in [-0.2, -0.15) is 0 Å². The van der Waals surface area contributed by atoms with Crippen molar-refractivity contribution in [2.45, 2.75) is 0 Å². The van der Waals surface area contributed by atoms with Crippen LogP contribution < -0.4 is 0 Å². The molecule has 5 heteroatoms. The van der Waals surface area contributed by atoms with Gasteiger partial charge in [0.25, 0.3) is 0 Å². The van der Waals surface area contributed by atoms with Crippen LogP contribution in [0.5, 0.6) is 0 Å². The predicted octanol–water partition coefficient (Wildman–Crippen LogP) is 2.33. The van der Waals surface area contributed by atoms with Gasteiger partial charge in [-0.05, 0) is 24.3 Å². The fourth-order valence-corrected chi connectivity index (χ4v) is 2.07. The largest absolute Gasteiger partial charge is 0.478 e. The summed E-state index contributed by atoms with van der Waals surface area (Å²) >= 11 is 0. The first-order chi connectivity index (χ1) is 9.16. The molecule has 94 valence electrons. The van der Waals surface area contributed by atoms with E-state index in [1.165, 1.54) is 6.20 Å². The van der Waals surface area contributed by atoms with E-state index in [2.05, 4.69) is 9.97 Å². The number of hydrogen-bond acceptors (Lipinski definition) is 3. The molecule has 0 aliphatic heterocycles. The second-order valence-electron chi connectivity index (χ2n) is 4.26. The second kappa shape index (κ2) is 4.20. The van der Waals surface area contributed by atoms with Gasteiger partial charge in [0.05, 0.1) is 11.3 Å². The number of nitrogens with zero attached hydrogens (tertiary/aromatic N) is 3. The molecule has 0 aliphatic carbocycles. The average Bonchev–Trinajstić information content (AvgIpc) is 2.81. The molecule has 0 fully saturated rings. The van der Waals surface area contributed by atoms with Crippen molar-refractivity contribution < 1.29 is 9.90 Å². The maximum atomic E-state index is 10.8. The summed E-state index contributed by atoms with van der Waals surface area (Å²) in [5.74, 6) is -0.973. The molecule has 0 saturated carbocycles. The lowest BCUT2D eigenvalue weighted by Gasteiger charge is -2.03. The first kappa shape index (κ1) is 11.4. The summed E-state index contributed by atoms with van der Waals surface area (Å²) in [4.78, 5) is 19.3. The standard InChI is InChI=1S/C14H11N3O2/c1-17-7-5-11-10(4-6-15-13(11)17)12-3-2-9(8-16-12)14(18)19/h2-8H,1H3,(H,18,19). The molecule has 3 aromatic rings. The lowest BCUT2D eigenvalue weighted by molar-refractivity contribution is 0.0696. The highest BCUT2D eigenvalue weighted by atomic mass is 16.4. The fraction of sp³-hybridized carbons (Fsp3) is 0.0714. The highest BCUT2D eigenvalue weighted by Gasteiger charge is 2.09. The number of carboxylic acid groups (broad SMARTS) is 1. The van der Waals surface area contributed by atoms with Crippen molar-refractivity contribution in [3.05, 3.63) is 48.4 Å². The Morgan fingerprint density at radius 3 is 2.74 bits per heavy atom. The van der Waals surface area contributed by atoms with Gasteiger partial charge in [0.2, 0.25) is 0 Å². The molecular formula is C14H11N3O2. The number of aromatic carboxylic acids is 1. The zero-order valence-corrected chi connectivity index (χ0v) is 10.2. The number of aromatic nitrogens is 3. The van der Waals surface area contributed by atoms with Crippen molar-refractivity contribution in [1.29, 1.82) is 0 Å². The highest BCUT2D eigenvalue weighted by molar-refractivity contribution is 5.93. The van der Waals surface area contributed by atoms with Crippen LogP contribution in [0.3, 0.4) is 0 Å². The lowest BCUT2D eigenvalue weighted by atomic mass is 10.1. The maximum absolute atomic E-state index is 10.8. The topological polar surface area (TPSA) is 68.0 Å². The van der Waals surface area contributed by atoms with Gasteiger partial charge >= 0.3 is 5.97 Å². The summed E-state index contributed by atoms with van der Waals surface area (Å²) in [6, 6.07) is 7.13. The Labute approximate surface area is 109 Å². The van der Waals surface area contributed by atoms with Crippen LogP contribution in [0.25, 0.3) is 22.3 Å². The van der Waals surface area contributed by atoms with Gasteiger partial charge in [0.15, 0.2) is 0 Å². The van der Waals surface area contributed by atoms with E-state index in [1.54, 1.807) is 18.3 Å². The molecular weight excluding hydrogens is 242 g/mol. The third-order valence-electron chi connectivity index (χ3n) is 3.05. The molecule has 19 heavy (non-hydrogen) atoms. The number of carbonyl (C=O) groups is 1. The summed E-state index contributed by atoms with van der Waals surface area (Å²) < 4.78 is 1.93. The van der Waals surface area contributed by atoms with Crippen LogP contribution in [-0.4, -0.2) is 25.6 Å². The van der Waals surface area contributed by atoms with E-state index >= 15 is 0 Å². The molecule has 3 heterocycles. The Balaban J connectivity index is 2.16. The van der Waals surface area contributed by atoms with Crippen LogP contribution in [-0.2, 0) is 7.05 Å². The van der Waals surface area contributed by atoms with Gasteiger partial charge in [-0.1, -0.05) is 0 Å². The molecule has 0 radical (unpaired) electrons. The minimum absolute atomic E-state index is 0.183. The maximum Gasteiger partial charge on any atom is 0.337 e. The predicted molar refractivity (Wildman–Crippen MR) is 70.9 cm³/mol. The summed E-state index contributed by atoms with van der Waals surface area (Å²) in [6.07, 6.45) is 5.03. The number of carboxylic acids is 1. The van der Waals surface area contributed by atoms with Crippen molar-refractivity contribution in [2.75, 3.05) is 0 Å². The van der Waals surface area contributed by atoms with Crippen LogP contribution in [0.15, 0.2) is 42.9 Å². The third-order valence-corrected chi connectivity index (χ3v) is 3.05. The summed E-state index contributed by atoms with van der Waals surface area (Å²) in [7, 11) is 1.93. The van der Waals surface area contributed by atoms with Crippen LogP contribution >= 0.6 is 0 Å². The third kappa shape index (κ3) is 1.85. The SMILES string of the molecule is Cn1ccc2c(-c3ccc(C(=O)O)cn3)ccnc21. The van der Waals surface area contributed by atoms with E-state index in [4.69, 9.17) is 5.11 Å². The van der Waals surface area contributed by atoms with Crippen molar-refractivity contribution >= 4 is 17.0 Å². The van der Waals surface area contributed by atoms with E-state index in [0.29, 0.717) is 0 Å². The van der Waals surface area contributed by atoms with Crippen LogP contribution in [0.2, 0.25) is 0 Å². The Kier molecular flexibility index (Phi) is 2.52. The molecule has 0 aliphatic rings. The zero-order chi connectivity index (χ0) is 13.4. The Morgan fingerprint density at radius 2 is 2.05 bits per heavy atom. The highest BCUT2D eigenvalue weighted by Crippen LogP contribution is 2.26. The Morgan fingerprint density at radius 1 is 1.21 bits per heavy atom. The molecule has 0 atom stereocenters. The van der Waals surface area contributed by atoms with Crippen LogP contribution in [0.4, 0.5) is 0 Å². The number of fused-ring (bicyclic) bond motifs is 1. The van der Waals surface area contributed by atoms with E-state index in [-0.39, 0.29) is 5.56 Å². The van der Waals surface area contributed by atoms with Crippen LogP contribution in [0.1, 0.15) is 10.4 Å². The molecule has 0 amide bonds. The molecule has 0 saturated heterocycles. The van der Waals surface area contributed by atoms with Gasteiger partial charge in [0.1, 0.15) is 5.65 Å². The van der Waals surface area contributed by atoms with Crippen LogP contribution in [0, 0.1) is 0 Å². The van der Waals surface area contributed by atoms with Gasteiger partial charge in [-0.15, -0.1) is 0 Å². The van der Waals surface area contributed by atoms with E-state index in [0.717, 1.165) is 22.3 Å². The minimum Gasteiger partial charge on any atom is -0.478 e. The Bertz CT molecular complexity index is 760. The second-order valence-corrected chi connectivity index (χ2v) is 4.26. The molecule has 3 rings (SSSR count).